The van der Waals surface area contributed by atoms with Gasteiger partial charge in [0.15, 0.2) is 0 Å². The highest BCUT2D eigenvalue weighted by Crippen LogP contribution is 2.28. The van der Waals surface area contributed by atoms with Crippen molar-refractivity contribution in [3.63, 3.8) is 0 Å². The van der Waals surface area contributed by atoms with Crippen molar-refractivity contribution >= 4 is 29.2 Å². The summed E-state index contributed by atoms with van der Waals surface area (Å²) in [5.74, 6) is -1.05. The molecule has 0 spiro atoms. The lowest BCUT2D eigenvalue weighted by atomic mass is 10.1. The van der Waals surface area contributed by atoms with Gasteiger partial charge in [0.1, 0.15) is 0 Å². The molecule has 1 amide bonds. The number of hydrogen-bond acceptors (Lipinski definition) is 3. The molecule has 1 atom stereocenters. The number of carbonyl (C=O) groups excluding carboxylic acids is 1. The number of anilines is 1. The molecule has 5 nitrogen and oxygen atoms in total. The fourth-order valence-corrected chi connectivity index (χ4v) is 2.50. The molecule has 0 aliphatic carbocycles. The van der Waals surface area contributed by atoms with Crippen LogP contribution in [0.25, 0.3) is 0 Å². The Hall–Kier alpha value is -1.75. The van der Waals surface area contributed by atoms with E-state index in [2.05, 4.69) is 5.32 Å². The van der Waals surface area contributed by atoms with Crippen molar-refractivity contribution in [2.45, 2.75) is 19.4 Å². The van der Waals surface area contributed by atoms with E-state index >= 15 is 0 Å². The molecule has 1 heterocycles. The van der Waals surface area contributed by atoms with E-state index in [0.29, 0.717) is 23.8 Å². The second kappa shape index (κ2) is 5.48. The van der Waals surface area contributed by atoms with Gasteiger partial charge in [-0.05, 0) is 24.6 Å². The molecule has 1 aliphatic heterocycles. The third-order valence-corrected chi connectivity index (χ3v) is 3.36. The lowest BCUT2D eigenvalue weighted by Gasteiger charge is -2.21. The van der Waals surface area contributed by atoms with E-state index in [4.69, 9.17) is 11.6 Å². The standard InChI is InChI=1S/C13H15ClN2O3/c1-8(17)15-10-4-5-16(7-10)12-6-9(14)2-3-11(12)13(18)19/h2-3,6,10H,4-5,7H2,1H3,(H,15,17)(H,18,19). The molecule has 0 aromatic heterocycles. The van der Waals surface area contributed by atoms with Crippen LogP contribution in [0, 0.1) is 0 Å². The van der Waals surface area contributed by atoms with Crippen LogP contribution in [0.3, 0.4) is 0 Å². The van der Waals surface area contributed by atoms with Crippen molar-refractivity contribution in [2.24, 2.45) is 0 Å². The zero-order chi connectivity index (χ0) is 14.0. The Bertz CT molecular complexity index is 519. The Balaban J connectivity index is 2.21. The van der Waals surface area contributed by atoms with E-state index < -0.39 is 5.97 Å². The van der Waals surface area contributed by atoms with Gasteiger partial charge < -0.3 is 15.3 Å². The SMILES string of the molecule is CC(=O)NC1CCN(c2cc(Cl)ccc2C(=O)O)C1. The first-order chi connectivity index (χ1) is 8.97. The number of amides is 1. The molecule has 2 rings (SSSR count). The van der Waals surface area contributed by atoms with Crippen molar-refractivity contribution in [2.75, 3.05) is 18.0 Å². The number of nitrogens with one attached hydrogen (secondary N) is 1. The van der Waals surface area contributed by atoms with E-state index in [0.717, 1.165) is 6.42 Å². The Morgan fingerprint density at radius 1 is 1.47 bits per heavy atom. The van der Waals surface area contributed by atoms with Crippen molar-refractivity contribution in [1.29, 1.82) is 0 Å². The highest BCUT2D eigenvalue weighted by molar-refractivity contribution is 6.31. The highest BCUT2D eigenvalue weighted by Gasteiger charge is 2.26. The third kappa shape index (κ3) is 3.17. The number of rotatable bonds is 3. The molecule has 0 saturated carbocycles. The van der Waals surface area contributed by atoms with E-state index in [1.165, 1.54) is 13.0 Å². The molecule has 1 saturated heterocycles. The largest absolute Gasteiger partial charge is 0.478 e. The molecule has 1 unspecified atom stereocenters. The zero-order valence-corrected chi connectivity index (χ0v) is 11.3. The smallest absolute Gasteiger partial charge is 0.337 e. The maximum absolute atomic E-state index is 11.2. The Morgan fingerprint density at radius 2 is 2.21 bits per heavy atom. The molecule has 19 heavy (non-hydrogen) atoms. The van der Waals surface area contributed by atoms with Gasteiger partial charge in [-0.3, -0.25) is 4.79 Å². The summed E-state index contributed by atoms with van der Waals surface area (Å²) in [6, 6.07) is 4.78. The van der Waals surface area contributed by atoms with Gasteiger partial charge in [0.2, 0.25) is 5.91 Å². The monoisotopic (exact) mass is 282 g/mol. The van der Waals surface area contributed by atoms with Crippen molar-refractivity contribution in [3.05, 3.63) is 28.8 Å². The molecule has 0 radical (unpaired) electrons. The van der Waals surface area contributed by atoms with Gasteiger partial charge in [-0.25, -0.2) is 4.79 Å². The average molecular weight is 283 g/mol. The van der Waals surface area contributed by atoms with Gasteiger partial charge in [-0.1, -0.05) is 11.6 Å². The van der Waals surface area contributed by atoms with E-state index in [9.17, 15) is 14.7 Å². The summed E-state index contributed by atoms with van der Waals surface area (Å²) >= 11 is 5.93. The molecule has 0 bridgehead atoms. The minimum absolute atomic E-state index is 0.0538. The minimum atomic E-state index is -0.977. The maximum atomic E-state index is 11.2. The van der Waals surface area contributed by atoms with Gasteiger partial charge in [0.05, 0.1) is 11.3 Å². The quantitative estimate of drug-likeness (QED) is 0.886. The number of nitrogens with zero attached hydrogens (tertiary/aromatic N) is 1. The number of carbonyl (C=O) groups is 2. The van der Waals surface area contributed by atoms with E-state index in [1.807, 2.05) is 4.90 Å². The molecule has 2 N–H and O–H groups in total. The fourth-order valence-electron chi connectivity index (χ4n) is 2.33. The van der Waals surface area contributed by atoms with Crippen LogP contribution in [-0.2, 0) is 4.79 Å². The molecule has 102 valence electrons. The van der Waals surface area contributed by atoms with Crippen LogP contribution < -0.4 is 10.2 Å². The molecule has 1 aliphatic rings. The summed E-state index contributed by atoms with van der Waals surface area (Å²) in [4.78, 5) is 24.2. The topological polar surface area (TPSA) is 69.6 Å². The van der Waals surface area contributed by atoms with Gasteiger partial charge in [0, 0.05) is 31.1 Å². The summed E-state index contributed by atoms with van der Waals surface area (Å²) in [5, 5.41) is 12.5. The highest BCUT2D eigenvalue weighted by atomic mass is 35.5. The van der Waals surface area contributed by atoms with Crippen molar-refractivity contribution in [1.82, 2.24) is 5.32 Å². The Morgan fingerprint density at radius 3 is 2.84 bits per heavy atom. The molecular formula is C13H15ClN2O3. The Kier molecular flexibility index (Phi) is 3.95. The van der Waals surface area contributed by atoms with Crippen LogP contribution in [0.4, 0.5) is 5.69 Å². The molecule has 1 fully saturated rings. The normalized spacial score (nSPS) is 18.4. The second-order valence-electron chi connectivity index (χ2n) is 4.60. The van der Waals surface area contributed by atoms with Gasteiger partial charge in [-0.2, -0.15) is 0 Å². The van der Waals surface area contributed by atoms with Gasteiger partial charge >= 0.3 is 5.97 Å². The number of aromatic carboxylic acids is 1. The van der Waals surface area contributed by atoms with Crippen LogP contribution in [0.1, 0.15) is 23.7 Å². The lowest BCUT2D eigenvalue weighted by Crippen LogP contribution is -2.35. The maximum Gasteiger partial charge on any atom is 0.337 e. The number of carboxylic acid groups (broad SMARTS) is 1. The number of carboxylic acids is 1. The number of halogens is 1. The average Bonchev–Trinajstić information content (AvgIpc) is 2.75. The lowest BCUT2D eigenvalue weighted by molar-refractivity contribution is -0.119. The molecule has 1 aromatic rings. The predicted molar refractivity (Wildman–Crippen MR) is 72.8 cm³/mol. The molecule has 6 heteroatoms. The van der Waals surface area contributed by atoms with Crippen LogP contribution in [0.15, 0.2) is 18.2 Å². The summed E-state index contributed by atoms with van der Waals surface area (Å²) in [6.45, 7) is 2.77. The fraction of sp³-hybridized carbons (Fsp3) is 0.385. The minimum Gasteiger partial charge on any atom is -0.478 e. The first-order valence-electron chi connectivity index (χ1n) is 6.02. The van der Waals surface area contributed by atoms with Crippen molar-refractivity contribution < 1.29 is 14.7 Å². The first kappa shape index (κ1) is 13.7. The van der Waals surface area contributed by atoms with Gasteiger partial charge in [0.25, 0.3) is 0 Å². The summed E-state index contributed by atoms with van der Waals surface area (Å²) < 4.78 is 0. The van der Waals surface area contributed by atoms with Crippen LogP contribution in [-0.4, -0.2) is 36.1 Å². The summed E-state index contributed by atoms with van der Waals surface area (Å²) in [7, 11) is 0. The summed E-state index contributed by atoms with van der Waals surface area (Å²) in [6.07, 6.45) is 0.797. The van der Waals surface area contributed by atoms with Gasteiger partial charge in [-0.15, -0.1) is 0 Å². The molecule has 1 aromatic carbocycles. The number of hydrogen-bond donors (Lipinski definition) is 2. The second-order valence-corrected chi connectivity index (χ2v) is 5.04. The van der Waals surface area contributed by atoms with Crippen LogP contribution in [0.5, 0.6) is 0 Å². The Labute approximate surface area is 116 Å². The zero-order valence-electron chi connectivity index (χ0n) is 10.5. The number of benzene rings is 1. The first-order valence-corrected chi connectivity index (χ1v) is 6.40. The summed E-state index contributed by atoms with van der Waals surface area (Å²) in [5.41, 5.74) is 0.834. The third-order valence-electron chi connectivity index (χ3n) is 3.13. The van der Waals surface area contributed by atoms with Crippen LogP contribution >= 0.6 is 11.6 Å². The van der Waals surface area contributed by atoms with Crippen LogP contribution in [0.2, 0.25) is 5.02 Å². The van der Waals surface area contributed by atoms with E-state index in [1.54, 1.807) is 12.1 Å². The van der Waals surface area contributed by atoms with Crippen molar-refractivity contribution in [3.8, 4) is 0 Å². The van der Waals surface area contributed by atoms with E-state index in [-0.39, 0.29) is 17.5 Å². The molecular weight excluding hydrogens is 268 g/mol. The predicted octanol–water partition coefficient (Wildman–Crippen LogP) is 1.75.